The zero-order valence-corrected chi connectivity index (χ0v) is 16.3. The van der Waals surface area contributed by atoms with Gasteiger partial charge in [-0.15, -0.1) is 0 Å². The monoisotopic (exact) mass is 412 g/mol. The van der Waals surface area contributed by atoms with Gasteiger partial charge in [0.1, 0.15) is 0 Å². The number of alkyl halides is 2. The average Bonchev–Trinajstić information content (AvgIpc) is 3.29. The van der Waals surface area contributed by atoms with Gasteiger partial charge in [-0.05, 0) is 18.2 Å². The number of carbonyl (C=O) groups is 1. The van der Waals surface area contributed by atoms with Gasteiger partial charge in [-0.2, -0.15) is 8.78 Å². The van der Waals surface area contributed by atoms with Crippen molar-refractivity contribution in [2.45, 2.75) is 24.7 Å². The summed E-state index contributed by atoms with van der Waals surface area (Å²) < 4.78 is 28.0. The minimum Gasteiger partial charge on any atom is -0.358 e. The van der Waals surface area contributed by atoms with Crippen LogP contribution in [0, 0.1) is 0 Å². The molecule has 5 nitrogen and oxygen atoms in total. The van der Waals surface area contributed by atoms with E-state index in [0.717, 1.165) is 39.2 Å². The number of aromatic nitrogens is 3. The standard InChI is InChI=1S/C21H18F2N4OS/c22-20(23)27-18-8-4-3-7-17(18)25-21(27)29-12-19(28)26-10-9-16-14(11-26)13-5-1-2-6-15(13)24-16/h1-8,20,24H,9-12H2. The number of thioether (sulfide) groups is 1. The molecule has 1 amide bonds. The van der Waals surface area contributed by atoms with Gasteiger partial charge >= 0.3 is 6.55 Å². The van der Waals surface area contributed by atoms with Gasteiger partial charge in [0.2, 0.25) is 5.91 Å². The van der Waals surface area contributed by atoms with Crippen molar-refractivity contribution in [1.29, 1.82) is 0 Å². The molecule has 0 saturated heterocycles. The van der Waals surface area contributed by atoms with Crippen molar-refractivity contribution in [3.8, 4) is 0 Å². The number of para-hydroxylation sites is 3. The van der Waals surface area contributed by atoms with Crippen molar-refractivity contribution in [1.82, 2.24) is 19.4 Å². The zero-order valence-electron chi connectivity index (χ0n) is 15.4. The van der Waals surface area contributed by atoms with Crippen LogP contribution < -0.4 is 0 Å². The number of nitrogens with zero attached hydrogens (tertiary/aromatic N) is 3. The normalized spacial score (nSPS) is 14.1. The first-order chi connectivity index (χ1) is 14.1. The number of carbonyl (C=O) groups excluding carboxylic acids is 1. The Morgan fingerprint density at radius 2 is 1.97 bits per heavy atom. The van der Waals surface area contributed by atoms with E-state index in [1.54, 1.807) is 29.2 Å². The van der Waals surface area contributed by atoms with Gasteiger partial charge in [0.25, 0.3) is 0 Å². The van der Waals surface area contributed by atoms with Gasteiger partial charge < -0.3 is 9.88 Å². The van der Waals surface area contributed by atoms with Crippen LogP contribution in [0.5, 0.6) is 0 Å². The van der Waals surface area contributed by atoms with Crippen LogP contribution in [-0.2, 0) is 17.8 Å². The molecule has 8 heteroatoms. The molecule has 0 bridgehead atoms. The Balaban J connectivity index is 1.34. The molecule has 1 aliphatic rings. The quantitative estimate of drug-likeness (QED) is 0.499. The number of hydrogen-bond acceptors (Lipinski definition) is 3. The summed E-state index contributed by atoms with van der Waals surface area (Å²) in [7, 11) is 0. The molecule has 4 aromatic rings. The summed E-state index contributed by atoms with van der Waals surface area (Å²) in [5.41, 5.74) is 4.27. The number of rotatable bonds is 4. The van der Waals surface area contributed by atoms with Crippen LogP contribution in [0.4, 0.5) is 8.78 Å². The number of amides is 1. The average molecular weight is 412 g/mol. The lowest BCUT2D eigenvalue weighted by molar-refractivity contribution is -0.129. The minimum absolute atomic E-state index is 0.0706. The molecule has 148 valence electrons. The molecule has 0 spiro atoms. The highest BCUT2D eigenvalue weighted by molar-refractivity contribution is 7.99. The fourth-order valence-electron chi connectivity index (χ4n) is 3.91. The van der Waals surface area contributed by atoms with E-state index in [1.165, 1.54) is 5.69 Å². The maximum Gasteiger partial charge on any atom is 0.321 e. The number of nitrogens with one attached hydrogen (secondary N) is 1. The highest BCUT2D eigenvalue weighted by atomic mass is 32.2. The molecule has 0 radical (unpaired) electrons. The zero-order chi connectivity index (χ0) is 20.0. The van der Waals surface area contributed by atoms with E-state index >= 15 is 0 Å². The number of benzene rings is 2. The van der Waals surface area contributed by atoms with Crippen molar-refractivity contribution in [2.24, 2.45) is 0 Å². The third kappa shape index (κ3) is 3.17. The Morgan fingerprint density at radius 1 is 1.17 bits per heavy atom. The summed E-state index contributed by atoms with van der Waals surface area (Å²) in [6.07, 6.45) is 0.760. The van der Waals surface area contributed by atoms with Crippen LogP contribution in [0.2, 0.25) is 0 Å². The second-order valence-corrected chi connectivity index (χ2v) is 7.95. The van der Waals surface area contributed by atoms with Crippen molar-refractivity contribution >= 4 is 39.6 Å². The van der Waals surface area contributed by atoms with Gasteiger partial charge in [-0.25, -0.2) is 4.98 Å². The highest BCUT2D eigenvalue weighted by Gasteiger charge is 2.25. The summed E-state index contributed by atoms with van der Waals surface area (Å²) in [6.45, 7) is -1.56. The molecular formula is C21H18F2N4OS. The molecule has 0 unspecified atom stereocenters. The molecule has 0 atom stereocenters. The molecule has 2 aromatic heterocycles. The van der Waals surface area contributed by atoms with Crippen LogP contribution in [0.3, 0.4) is 0 Å². The Morgan fingerprint density at radius 3 is 2.83 bits per heavy atom. The predicted molar refractivity (Wildman–Crippen MR) is 109 cm³/mol. The lowest BCUT2D eigenvalue weighted by atomic mass is 10.0. The van der Waals surface area contributed by atoms with Gasteiger partial charge in [0, 0.05) is 41.7 Å². The van der Waals surface area contributed by atoms with Crippen molar-refractivity contribution in [3.05, 3.63) is 59.8 Å². The van der Waals surface area contributed by atoms with Crippen molar-refractivity contribution in [2.75, 3.05) is 12.3 Å². The predicted octanol–water partition coefficient (Wildman–Crippen LogP) is 4.59. The van der Waals surface area contributed by atoms with Gasteiger partial charge in [0.15, 0.2) is 5.16 Å². The summed E-state index contributed by atoms with van der Waals surface area (Å²) in [5.74, 6) is 0.00656. The highest BCUT2D eigenvalue weighted by Crippen LogP contribution is 2.31. The van der Waals surface area contributed by atoms with Gasteiger partial charge in [0.05, 0.1) is 16.8 Å². The second kappa shape index (κ2) is 7.18. The number of H-pyrrole nitrogens is 1. The molecule has 3 heterocycles. The van der Waals surface area contributed by atoms with Crippen molar-refractivity contribution < 1.29 is 13.6 Å². The first-order valence-corrected chi connectivity index (χ1v) is 10.3. The topological polar surface area (TPSA) is 53.9 Å². The van der Waals surface area contributed by atoms with E-state index in [-0.39, 0.29) is 16.8 Å². The first-order valence-electron chi connectivity index (χ1n) is 9.36. The number of hydrogen-bond donors (Lipinski definition) is 1. The third-order valence-corrected chi connectivity index (χ3v) is 6.26. The third-order valence-electron chi connectivity index (χ3n) is 5.32. The van der Waals surface area contributed by atoms with Crippen LogP contribution in [0.15, 0.2) is 53.7 Å². The minimum atomic E-state index is -2.70. The Bertz CT molecular complexity index is 1220. The van der Waals surface area contributed by atoms with Gasteiger partial charge in [-0.1, -0.05) is 42.1 Å². The Kier molecular flexibility index (Phi) is 4.50. The number of imidazole rings is 1. The van der Waals surface area contributed by atoms with E-state index in [9.17, 15) is 13.6 Å². The number of aromatic amines is 1. The molecule has 0 aliphatic carbocycles. The SMILES string of the molecule is O=C(CSc1nc2ccccc2n1C(F)F)N1CCc2[nH]c3ccccc3c2C1. The molecule has 1 N–H and O–H groups in total. The lowest BCUT2D eigenvalue weighted by Gasteiger charge is -2.27. The van der Waals surface area contributed by atoms with Crippen molar-refractivity contribution in [3.63, 3.8) is 0 Å². The summed E-state index contributed by atoms with van der Waals surface area (Å²) in [4.78, 5) is 22.3. The van der Waals surface area contributed by atoms with E-state index in [1.807, 2.05) is 18.2 Å². The summed E-state index contributed by atoms with van der Waals surface area (Å²) in [6, 6.07) is 14.8. The molecule has 0 saturated carbocycles. The Hall–Kier alpha value is -2.87. The summed E-state index contributed by atoms with van der Waals surface area (Å²) >= 11 is 1.06. The Labute approximate surface area is 169 Å². The second-order valence-electron chi connectivity index (χ2n) is 7.01. The molecule has 1 aliphatic heterocycles. The molecule has 5 rings (SSSR count). The van der Waals surface area contributed by atoms with Crippen LogP contribution >= 0.6 is 11.8 Å². The van der Waals surface area contributed by atoms with Gasteiger partial charge in [-0.3, -0.25) is 9.36 Å². The van der Waals surface area contributed by atoms with Crippen LogP contribution in [0.25, 0.3) is 21.9 Å². The number of fused-ring (bicyclic) bond motifs is 4. The van der Waals surface area contributed by atoms with E-state index in [2.05, 4.69) is 16.0 Å². The largest absolute Gasteiger partial charge is 0.358 e. The molecular weight excluding hydrogens is 394 g/mol. The van der Waals surface area contributed by atoms with Crippen LogP contribution in [0.1, 0.15) is 17.8 Å². The molecule has 2 aromatic carbocycles. The summed E-state index contributed by atoms with van der Waals surface area (Å²) in [5, 5.41) is 1.30. The maximum absolute atomic E-state index is 13.6. The first kappa shape index (κ1) is 18.2. The molecule has 29 heavy (non-hydrogen) atoms. The smallest absolute Gasteiger partial charge is 0.321 e. The molecule has 0 fully saturated rings. The van der Waals surface area contributed by atoms with E-state index in [0.29, 0.717) is 24.1 Å². The van der Waals surface area contributed by atoms with E-state index < -0.39 is 6.55 Å². The lowest BCUT2D eigenvalue weighted by Crippen LogP contribution is -2.36. The fraction of sp³-hybridized carbons (Fsp3) is 0.238. The van der Waals surface area contributed by atoms with Crippen LogP contribution in [-0.4, -0.2) is 37.6 Å². The maximum atomic E-state index is 13.6. The van der Waals surface area contributed by atoms with E-state index in [4.69, 9.17) is 0 Å². The number of halogens is 2. The fourth-order valence-corrected chi connectivity index (χ4v) is 4.82.